The van der Waals surface area contributed by atoms with Crippen molar-refractivity contribution in [3.05, 3.63) is 71.4 Å². The summed E-state index contributed by atoms with van der Waals surface area (Å²) in [4.78, 5) is 27.9. The van der Waals surface area contributed by atoms with Crippen LogP contribution < -0.4 is 5.32 Å². The van der Waals surface area contributed by atoms with Crippen molar-refractivity contribution in [2.75, 3.05) is 11.9 Å². The molecule has 0 saturated carbocycles. The first-order valence-corrected chi connectivity index (χ1v) is 8.69. The zero-order valence-corrected chi connectivity index (χ0v) is 14.5. The maximum atomic E-state index is 13.5. The third-order valence-electron chi connectivity index (χ3n) is 3.48. The Morgan fingerprint density at radius 3 is 2.58 bits per heavy atom. The second-order valence-electron chi connectivity index (χ2n) is 5.38. The van der Waals surface area contributed by atoms with E-state index in [1.54, 1.807) is 6.07 Å². The van der Waals surface area contributed by atoms with Crippen molar-refractivity contribution in [1.29, 1.82) is 0 Å². The maximum Gasteiger partial charge on any atom is 0.310 e. The number of amides is 1. The Hall–Kier alpha value is -3.06. The molecule has 0 unspecified atom stereocenters. The molecule has 0 bridgehead atoms. The van der Waals surface area contributed by atoms with Crippen LogP contribution >= 0.6 is 11.3 Å². The Kier molecular flexibility index (Phi) is 5.70. The van der Waals surface area contributed by atoms with Crippen LogP contribution in [-0.2, 0) is 20.7 Å². The number of rotatable bonds is 6. The lowest BCUT2D eigenvalue weighted by Gasteiger charge is -2.05. The summed E-state index contributed by atoms with van der Waals surface area (Å²) < 4.78 is 18.4. The number of benzene rings is 2. The predicted octanol–water partition coefficient (Wildman–Crippen LogP) is 3.67. The highest BCUT2D eigenvalue weighted by Gasteiger charge is 2.12. The number of carbonyl (C=O) groups is 2. The summed E-state index contributed by atoms with van der Waals surface area (Å²) in [6, 6.07) is 15.5. The number of thiazole rings is 1. The van der Waals surface area contributed by atoms with Crippen LogP contribution in [0.2, 0.25) is 0 Å². The first kappa shape index (κ1) is 17.8. The number of hydrogen-bond acceptors (Lipinski definition) is 5. The Morgan fingerprint density at radius 2 is 1.81 bits per heavy atom. The molecule has 1 N–H and O–H groups in total. The third-order valence-corrected chi connectivity index (χ3v) is 4.23. The molecule has 7 heteroatoms. The molecule has 0 aliphatic heterocycles. The van der Waals surface area contributed by atoms with Gasteiger partial charge in [0.1, 0.15) is 5.82 Å². The van der Waals surface area contributed by atoms with Crippen molar-refractivity contribution in [3.8, 4) is 11.3 Å². The molecule has 0 saturated heterocycles. The van der Waals surface area contributed by atoms with Crippen molar-refractivity contribution in [2.24, 2.45) is 0 Å². The maximum absolute atomic E-state index is 13.5. The lowest BCUT2D eigenvalue weighted by Crippen LogP contribution is -2.21. The summed E-state index contributed by atoms with van der Waals surface area (Å²) in [6.45, 7) is -0.451. The van der Waals surface area contributed by atoms with Gasteiger partial charge in [0, 0.05) is 10.9 Å². The summed E-state index contributed by atoms with van der Waals surface area (Å²) in [7, 11) is 0. The van der Waals surface area contributed by atoms with Gasteiger partial charge in [-0.15, -0.1) is 11.3 Å². The number of hydrogen-bond donors (Lipinski definition) is 1. The van der Waals surface area contributed by atoms with Gasteiger partial charge in [0.25, 0.3) is 5.91 Å². The first-order chi connectivity index (χ1) is 12.6. The average Bonchev–Trinajstić information content (AvgIpc) is 3.11. The molecular weight excluding hydrogens is 355 g/mol. The highest BCUT2D eigenvalue weighted by molar-refractivity contribution is 7.14. The molecule has 0 atom stereocenters. The van der Waals surface area contributed by atoms with Gasteiger partial charge in [-0.05, 0) is 11.6 Å². The van der Waals surface area contributed by atoms with E-state index in [9.17, 15) is 14.0 Å². The molecule has 0 aliphatic rings. The van der Waals surface area contributed by atoms with Gasteiger partial charge in [-0.3, -0.25) is 14.9 Å². The van der Waals surface area contributed by atoms with E-state index < -0.39 is 24.3 Å². The largest absolute Gasteiger partial charge is 0.455 e. The van der Waals surface area contributed by atoms with Crippen molar-refractivity contribution in [2.45, 2.75) is 6.42 Å². The van der Waals surface area contributed by atoms with Crippen LogP contribution in [0.25, 0.3) is 11.3 Å². The number of halogens is 1. The van der Waals surface area contributed by atoms with Crippen molar-refractivity contribution in [3.63, 3.8) is 0 Å². The molecule has 0 aliphatic carbocycles. The lowest BCUT2D eigenvalue weighted by atomic mass is 10.1. The molecule has 5 nitrogen and oxygen atoms in total. The van der Waals surface area contributed by atoms with E-state index >= 15 is 0 Å². The number of esters is 1. The average molecular weight is 370 g/mol. The zero-order chi connectivity index (χ0) is 18.4. The summed E-state index contributed by atoms with van der Waals surface area (Å²) in [5.41, 5.74) is 1.92. The highest BCUT2D eigenvalue weighted by Crippen LogP contribution is 2.24. The molecule has 1 heterocycles. The molecule has 3 rings (SSSR count). The Morgan fingerprint density at radius 1 is 1.08 bits per heavy atom. The van der Waals surface area contributed by atoms with E-state index in [2.05, 4.69) is 10.3 Å². The van der Waals surface area contributed by atoms with Crippen molar-refractivity contribution < 1.29 is 18.7 Å². The van der Waals surface area contributed by atoms with Crippen LogP contribution in [0, 0.1) is 5.82 Å². The molecule has 26 heavy (non-hydrogen) atoms. The number of nitrogens with one attached hydrogen (secondary N) is 1. The predicted molar refractivity (Wildman–Crippen MR) is 97.2 cm³/mol. The van der Waals surface area contributed by atoms with E-state index in [0.717, 1.165) is 11.3 Å². The fourth-order valence-corrected chi connectivity index (χ4v) is 2.96. The number of aromatic nitrogens is 1. The van der Waals surface area contributed by atoms with E-state index in [4.69, 9.17) is 4.74 Å². The van der Waals surface area contributed by atoms with Gasteiger partial charge in [0.2, 0.25) is 0 Å². The van der Waals surface area contributed by atoms with Gasteiger partial charge in [-0.25, -0.2) is 9.37 Å². The van der Waals surface area contributed by atoms with Gasteiger partial charge < -0.3 is 4.74 Å². The van der Waals surface area contributed by atoms with Crippen molar-refractivity contribution in [1.82, 2.24) is 4.98 Å². The molecule has 0 fully saturated rings. The van der Waals surface area contributed by atoms with Crippen LogP contribution in [0.3, 0.4) is 0 Å². The second kappa shape index (κ2) is 8.35. The van der Waals surface area contributed by atoms with Gasteiger partial charge in [0.15, 0.2) is 11.7 Å². The first-order valence-electron chi connectivity index (χ1n) is 7.81. The normalized spacial score (nSPS) is 10.3. The van der Waals surface area contributed by atoms with Gasteiger partial charge in [-0.2, -0.15) is 0 Å². The van der Waals surface area contributed by atoms with Gasteiger partial charge in [-0.1, -0.05) is 48.5 Å². The quantitative estimate of drug-likeness (QED) is 0.672. The monoisotopic (exact) mass is 370 g/mol. The minimum absolute atomic E-state index is 0.227. The fourth-order valence-electron chi connectivity index (χ4n) is 2.22. The Labute approximate surface area is 153 Å². The van der Waals surface area contributed by atoms with E-state index in [0.29, 0.717) is 5.13 Å². The van der Waals surface area contributed by atoms with Crippen LogP contribution in [0.5, 0.6) is 0 Å². The summed E-state index contributed by atoms with van der Waals surface area (Å²) >= 11 is 1.28. The van der Waals surface area contributed by atoms with Crippen LogP contribution in [-0.4, -0.2) is 23.5 Å². The highest BCUT2D eigenvalue weighted by atomic mass is 32.1. The molecule has 1 amide bonds. The number of ether oxygens (including phenoxy) is 1. The van der Waals surface area contributed by atoms with E-state index in [1.165, 1.54) is 29.5 Å². The number of nitrogens with zero attached hydrogens (tertiary/aromatic N) is 1. The topological polar surface area (TPSA) is 68.3 Å². The molecule has 2 aromatic carbocycles. The molecule has 0 radical (unpaired) electrons. The number of anilines is 1. The van der Waals surface area contributed by atoms with Gasteiger partial charge >= 0.3 is 5.97 Å². The lowest BCUT2D eigenvalue weighted by molar-refractivity contribution is -0.146. The second-order valence-corrected chi connectivity index (χ2v) is 6.24. The van der Waals surface area contributed by atoms with Crippen LogP contribution in [0.4, 0.5) is 9.52 Å². The molecule has 1 aromatic heterocycles. The van der Waals surface area contributed by atoms with E-state index in [1.807, 2.05) is 35.7 Å². The summed E-state index contributed by atoms with van der Waals surface area (Å²) in [6.07, 6.45) is -0.227. The van der Waals surface area contributed by atoms with Gasteiger partial charge in [0.05, 0.1) is 12.1 Å². The molecule has 0 spiro atoms. The fraction of sp³-hybridized carbons (Fsp3) is 0.105. The minimum atomic E-state index is -0.672. The third kappa shape index (κ3) is 4.73. The van der Waals surface area contributed by atoms with Crippen molar-refractivity contribution >= 4 is 28.3 Å². The smallest absolute Gasteiger partial charge is 0.310 e. The van der Waals surface area contributed by atoms with Crippen LogP contribution in [0.15, 0.2) is 60.0 Å². The SMILES string of the molecule is O=C(COC(=O)Cc1ccccc1F)Nc1nc(-c2ccccc2)cs1. The standard InChI is InChI=1S/C19H15FN2O3S/c20-15-9-5-4-8-14(15)10-18(24)25-11-17(23)22-19-21-16(12-26-19)13-6-2-1-3-7-13/h1-9,12H,10-11H2,(H,21,22,23). The minimum Gasteiger partial charge on any atom is -0.455 e. The zero-order valence-electron chi connectivity index (χ0n) is 13.6. The summed E-state index contributed by atoms with van der Waals surface area (Å²) in [5.74, 6) is -1.65. The Balaban J connectivity index is 1.49. The molecule has 3 aromatic rings. The molecular formula is C19H15FN2O3S. The van der Waals surface area contributed by atoms with Crippen LogP contribution in [0.1, 0.15) is 5.56 Å². The summed E-state index contributed by atoms with van der Waals surface area (Å²) in [5, 5.41) is 4.82. The Bertz CT molecular complexity index is 912. The molecule has 132 valence electrons. The van der Waals surface area contributed by atoms with E-state index in [-0.39, 0.29) is 12.0 Å². The number of carbonyl (C=O) groups excluding carboxylic acids is 2.